The summed E-state index contributed by atoms with van der Waals surface area (Å²) in [4.78, 5) is 15.1. The Kier molecular flexibility index (Phi) is 2.29. The van der Waals surface area contributed by atoms with E-state index in [1.165, 1.54) is 0 Å². The van der Waals surface area contributed by atoms with Gasteiger partial charge in [0.05, 0.1) is 10.6 Å². The largest absolute Gasteiger partial charge is 0.441 e. The number of pyridine rings is 1. The standard InChI is InChI=1S/C9H9ClN2O2/c1-2-6-7-5(10)3-4-11-8(7)12-9(13)14-6/h3-4,6H,2H2,1H3,(H,11,12,13). The minimum absolute atomic E-state index is 0.292. The van der Waals surface area contributed by atoms with Gasteiger partial charge in [-0.05, 0) is 12.5 Å². The molecule has 0 spiro atoms. The molecule has 1 amide bonds. The Hall–Kier alpha value is -1.29. The molecule has 0 fully saturated rings. The van der Waals surface area contributed by atoms with E-state index in [9.17, 15) is 4.79 Å². The lowest BCUT2D eigenvalue weighted by Gasteiger charge is -2.24. The molecular weight excluding hydrogens is 204 g/mol. The van der Waals surface area contributed by atoms with Crippen molar-refractivity contribution in [2.75, 3.05) is 5.32 Å². The van der Waals surface area contributed by atoms with E-state index in [0.29, 0.717) is 17.3 Å². The number of aromatic nitrogens is 1. The fraction of sp³-hybridized carbons (Fsp3) is 0.333. The van der Waals surface area contributed by atoms with Crippen LogP contribution >= 0.6 is 11.6 Å². The maximum Gasteiger partial charge on any atom is 0.413 e. The summed E-state index contributed by atoms with van der Waals surface area (Å²) in [5, 5.41) is 3.08. The van der Waals surface area contributed by atoms with Gasteiger partial charge in [-0.3, -0.25) is 5.32 Å². The molecule has 1 atom stereocenters. The lowest BCUT2D eigenvalue weighted by molar-refractivity contribution is 0.103. The number of hydrogen-bond donors (Lipinski definition) is 1. The highest BCUT2D eigenvalue weighted by Crippen LogP contribution is 2.35. The van der Waals surface area contributed by atoms with Gasteiger partial charge in [0.25, 0.3) is 0 Å². The molecule has 1 unspecified atom stereocenters. The molecule has 2 heterocycles. The van der Waals surface area contributed by atoms with Crippen LogP contribution in [0.1, 0.15) is 25.0 Å². The Bertz CT molecular complexity index is 381. The number of hydrogen-bond acceptors (Lipinski definition) is 3. The van der Waals surface area contributed by atoms with Crippen LogP contribution in [0.3, 0.4) is 0 Å². The highest BCUT2D eigenvalue weighted by atomic mass is 35.5. The van der Waals surface area contributed by atoms with E-state index >= 15 is 0 Å². The number of anilines is 1. The topological polar surface area (TPSA) is 51.2 Å². The van der Waals surface area contributed by atoms with Crippen LogP contribution in [0.4, 0.5) is 10.6 Å². The van der Waals surface area contributed by atoms with Crippen LogP contribution < -0.4 is 5.32 Å². The zero-order chi connectivity index (χ0) is 10.1. The number of rotatable bonds is 1. The van der Waals surface area contributed by atoms with Gasteiger partial charge in [-0.25, -0.2) is 9.78 Å². The van der Waals surface area contributed by atoms with E-state index in [-0.39, 0.29) is 6.10 Å². The van der Waals surface area contributed by atoms with Crippen LogP contribution in [0.2, 0.25) is 5.02 Å². The molecule has 5 heteroatoms. The zero-order valence-electron chi connectivity index (χ0n) is 7.58. The smallest absolute Gasteiger partial charge is 0.413 e. The predicted molar refractivity (Wildman–Crippen MR) is 52.4 cm³/mol. The molecule has 2 rings (SSSR count). The molecule has 1 aromatic rings. The molecule has 0 aliphatic carbocycles. The number of ether oxygens (including phenoxy) is 1. The monoisotopic (exact) mass is 212 g/mol. The van der Waals surface area contributed by atoms with E-state index in [1.807, 2.05) is 6.92 Å². The number of cyclic esters (lactones) is 1. The van der Waals surface area contributed by atoms with Crippen LogP contribution in [0.5, 0.6) is 0 Å². The molecule has 74 valence electrons. The molecular formula is C9H9ClN2O2. The second-order valence-electron chi connectivity index (χ2n) is 2.98. The first-order chi connectivity index (χ1) is 6.72. The fourth-order valence-corrected chi connectivity index (χ4v) is 1.72. The van der Waals surface area contributed by atoms with E-state index in [2.05, 4.69) is 10.3 Å². The van der Waals surface area contributed by atoms with E-state index < -0.39 is 6.09 Å². The van der Waals surface area contributed by atoms with Crippen LogP contribution in [-0.4, -0.2) is 11.1 Å². The first kappa shape index (κ1) is 9.27. The molecule has 14 heavy (non-hydrogen) atoms. The predicted octanol–water partition coefficient (Wildman–Crippen LogP) is 2.75. The summed E-state index contributed by atoms with van der Waals surface area (Å²) in [7, 11) is 0. The molecule has 0 aromatic carbocycles. The molecule has 1 N–H and O–H groups in total. The quantitative estimate of drug-likeness (QED) is 0.779. The van der Waals surface area contributed by atoms with E-state index in [0.717, 1.165) is 5.56 Å². The van der Waals surface area contributed by atoms with Crippen molar-refractivity contribution in [1.29, 1.82) is 0 Å². The Balaban J connectivity index is 2.51. The Morgan fingerprint density at radius 1 is 1.71 bits per heavy atom. The third-order valence-corrected chi connectivity index (χ3v) is 2.43. The minimum atomic E-state index is -0.473. The van der Waals surface area contributed by atoms with Gasteiger partial charge < -0.3 is 4.74 Å². The van der Waals surface area contributed by atoms with Crippen LogP contribution in [0, 0.1) is 0 Å². The Morgan fingerprint density at radius 3 is 3.21 bits per heavy atom. The molecule has 1 aromatic heterocycles. The number of amides is 1. The SMILES string of the molecule is CCC1OC(=O)Nc2nccc(Cl)c21. The van der Waals surface area contributed by atoms with Gasteiger partial charge in [0.2, 0.25) is 0 Å². The molecule has 4 nitrogen and oxygen atoms in total. The molecule has 0 saturated heterocycles. The second kappa shape index (κ2) is 3.46. The van der Waals surface area contributed by atoms with Crippen molar-refractivity contribution >= 4 is 23.5 Å². The second-order valence-corrected chi connectivity index (χ2v) is 3.39. The maximum absolute atomic E-state index is 11.1. The number of fused-ring (bicyclic) bond motifs is 1. The molecule has 0 saturated carbocycles. The minimum Gasteiger partial charge on any atom is -0.441 e. The van der Waals surface area contributed by atoms with Crippen LogP contribution in [-0.2, 0) is 4.74 Å². The lowest BCUT2D eigenvalue weighted by atomic mass is 10.1. The van der Waals surface area contributed by atoms with Gasteiger partial charge in [0.1, 0.15) is 11.9 Å². The third-order valence-electron chi connectivity index (χ3n) is 2.10. The average Bonchev–Trinajstić information content (AvgIpc) is 2.16. The molecule has 0 radical (unpaired) electrons. The summed E-state index contributed by atoms with van der Waals surface area (Å²) in [5.41, 5.74) is 0.760. The van der Waals surface area contributed by atoms with Crippen molar-refractivity contribution in [3.8, 4) is 0 Å². The first-order valence-electron chi connectivity index (χ1n) is 4.34. The van der Waals surface area contributed by atoms with Gasteiger partial charge in [-0.1, -0.05) is 18.5 Å². The van der Waals surface area contributed by atoms with E-state index in [4.69, 9.17) is 16.3 Å². The fourth-order valence-electron chi connectivity index (χ4n) is 1.46. The van der Waals surface area contributed by atoms with E-state index in [1.54, 1.807) is 12.3 Å². The summed E-state index contributed by atoms with van der Waals surface area (Å²) in [6.07, 6.45) is 1.48. The summed E-state index contributed by atoms with van der Waals surface area (Å²) >= 11 is 5.99. The summed E-state index contributed by atoms with van der Waals surface area (Å²) in [6, 6.07) is 1.68. The number of nitrogens with one attached hydrogen (secondary N) is 1. The van der Waals surface area contributed by atoms with Crippen molar-refractivity contribution in [1.82, 2.24) is 4.98 Å². The average molecular weight is 213 g/mol. The summed E-state index contributed by atoms with van der Waals surface area (Å²) in [6.45, 7) is 1.93. The molecule has 0 bridgehead atoms. The lowest BCUT2D eigenvalue weighted by Crippen LogP contribution is -2.25. The Labute approximate surface area is 86.2 Å². The zero-order valence-corrected chi connectivity index (χ0v) is 8.34. The number of nitrogens with zero attached hydrogens (tertiary/aromatic N) is 1. The third kappa shape index (κ3) is 1.42. The highest BCUT2D eigenvalue weighted by Gasteiger charge is 2.27. The van der Waals surface area contributed by atoms with Gasteiger partial charge >= 0.3 is 6.09 Å². The van der Waals surface area contributed by atoms with Crippen LogP contribution in [0.25, 0.3) is 0 Å². The first-order valence-corrected chi connectivity index (χ1v) is 4.72. The Morgan fingerprint density at radius 2 is 2.50 bits per heavy atom. The van der Waals surface area contributed by atoms with Gasteiger partial charge in [-0.15, -0.1) is 0 Å². The van der Waals surface area contributed by atoms with Crippen molar-refractivity contribution < 1.29 is 9.53 Å². The summed E-state index contributed by atoms with van der Waals surface area (Å²) in [5.74, 6) is 0.501. The number of carbonyl (C=O) groups excluding carboxylic acids is 1. The van der Waals surface area contributed by atoms with Gasteiger partial charge in [0.15, 0.2) is 0 Å². The van der Waals surface area contributed by atoms with Gasteiger partial charge in [-0.2, -0.15) is 0 Å². The van der Waals surface area contributed by atoms with Crippen molar-refractivity contribution in [3.63, 3.8) is 0 Å². The van der Waals surface area contributed by atoms with Gasteiger partial charge in [0, 0.05) is 6.20 Å². The number of halogens is 1. The van der Waals surface area contributed by atoms with Crippen LogP contribution in [0.15, 0.2) is 12.3 Å². The normalized spacial score (nSPS) is 19.6. The highest BCUT2D eigenvalue weighted by molar-refractivity contribution is 6.31. The number of carbonyl (C=O) groups is 1. The van der Waals surface area contributed by atoms with Crippen molar-refractivity contribution in [2.45, 2.75) is 19.4 Å². The molecule has 1 aliphatic rings. The summed E-state index contributed by atoms with van der Waals surface area (Å²) < 4.78 is 5.07. The van der Waals surface area contributed by atoms with Crippen molar-refractivity contribution in [2.24, 2.45) is 0 Å². The maximum atomic E-state index is 11.1. The van der Waals surface area contributed by atoms with Crippen molar-refractivity contribution in [3.05, 3.63) is 22.8 Å². The molecule has 1 aliphatic heterocycles.